The molecule has 0 unspecified atom stereocenters. The van der Waals surface area contributed by atoms with Crippen molar-refractivity contribution in [3.63, 3.8) is 0 Å². The maximum atomic E-state index is 10.0. The Morgan fingerprint density at radius 2 is 2.00 bits per heavy atom. The van der Waals surface area contributed by atoms with E-state index in [0.717, 1.165) is 13.1 Å². The van der Waals surface area contributed by atoms with Gasteiger partial charge in [0.05, 0.1) is 0 Å². The second-order valence-electron chi connectivity index (χ2n) is 2.86. The topological polar surface area (TPSA) is 20.3 Å². The summed E-state index contributed by atoms with van der Waals surface area (Å²) in [6.07, 6.45) is 1.99. The molecule has 0 saturated carbocycles. The van der Waals surface area contributed by atoms with E-state index in [9.17, 15) is 4.79 Å². The quantitative estimate of drug-likeness (QED) is 0.505. The van der Waals surface area contributed by atoms with Crippen molar-refractivity contribution in [1.29, 1.82) is 0 Å². The van der Waals surface area contributed by atoms with Crippen LogP contribution < -0.4 is 0 Å². The summed E-state index contributed by atoms with van der Waals surface area (Å²) in [6.45, 7) is 6.12. The van der Waals surface area contributed by atoms with Crippen molar-refractivity contribution in [2.75, 3.05) is 13.1 Å². The van der Waals surface area contributed by atoms with Crippen LogP contribution in [0.25, 0.3) is 0 Å². The Balaban J connectivity index is 0.000000810. The van der Waals surface area contributed by atoms with Gasteiger partial charge in [0.1, 0.15) is 0 Å². The normalized spacial score (nSPS) is 19.9. The summed E-state index contributed by atoms with van der Waals surface area (Å²) in [5.74, 6) is 0.201. The van der Waals surface area contributed by atoms with Gasteiger partial charge < -0.3 is 9.69 Å². The van der Waals surface area contributed by atoms with Crippen LogP contribution in [0, 0.1) is 5.92 Å². The number of rotatable bonds is 2. The average molecular weight is 229 g/mol. The van der Waals surface area contributed by atoms with Gasteiger partial charge in [0.2, 0.25) is 0 Å². The Hall–Kier alpha value is 0.253. The number of hydrogen-bond donors (Lipinski definition) is 0. The maximum Gasteiger partial charge on any atom is 0.00368 e. The smallest absolute Gasteiger partial charge is 0.00368 e. The van der Waals surface area contributed by atoms with Crippen LogP contribution in [0.5, 0.6) is 0 Å². The van der Waals surface area contributed by atoms with Crippen LogP contribution in [0.2, 0.25) is 0 Å². The van der Waals surface area contributed by atoms with Gasteiger partial charge in [-0.05, 0) is 26.9 Å². The van der Waals surface area contributed by atoms with E-state index in [-0.39, 0.29) is 25.4 Å². The molecule has 0 atom stereocenters. The Morgan fingerprint density at radius 1 is 1.50 bits per heavy atom. The summed E-state index contributed by atoms with van der Waals surface area (Å²) in [7, 11) is 0. The van der Waals surface area contributed by atoms with E-state index < -0.39 is 0 Å². The number of nitrogens with zero attached hydrogens (tertiary/aromatic N) is 1. The van der Waals surface area contributed by atoms with E-state index in [1.54, 1.807) is 0 Å². The first-order valence-electron chi connectivity index (χ1n) is 3.35. The summed E-state index contributed by atoms with van der Waals surface area (Å²) in [5.41, 5.74) is 0. The first-order chi connectivity index (χ1) is 4.24. The molecule has 1 fully saturated rings. The zero-order chi connectivity index (χ0) is 6.85. The van der Waals surface area contributed by atoms with Gasteiger partial charge in [-0.3, -0.25) is 6.29 Å². The summed E-state index contributed by atoms with van der Waals surface area (Å²) < 4.78 is 0. The zero-order valence-electron chi connectivity index (χ0n) is 6.26. The fourth-order valence-electron chi connectivity index (χ4n) is 1.01. The van der Waals surface area contributed by atoms with Crippen LogP contribution in [0.15, 0.2) is 0 Å². The molecule has 61 valence electrons. The first kappa shape index (κ1) is 10.3. The minimum absolute atomic E-state index is 0. The van der Waals surface area contributed by atoms with Crippen molar-refractivity contribution in [1.82, 2.24) is 4.90 Å². The van der Waals surface area contributed by atoms with Crippen LogP contribution in [-0.2, 0) is 24.3 Å². The van der Waals surface area contributed by atoms with Gasteiger partial charge in [-0.1, -0.05) is 0 Å². The van der Waals surface area contributed by atoms with Gasteiger partial charge in [0.15, 0.2) is 0 Å². The van der Waals surface area contributed by atoms with E-state index in [1.807, 2.05) is 6.29 Å². The minimum atomic E-state index is 0. The standard InChI is InChI=1S/C7H12NO.Rh/c1-6(2)8-3-7(4-8)5-9;/h6-7H,3-4H2,1-2H3;/q-1;. The third-order valence-electron chi connectivity index (χ3n) is 1.81. The van der Waals surface area contributed by atoms with Crippen LogP contribution in [-0.4, -0.2) is 30.3 Å². The first-order valence-corrected chi connectivity index (χ1v) is 3.35. The third kappa shape index (κ3) is 2.14. The predicted molar refractivity (Wildman–Crippen MR) is 35.9 cm³/mol. The summed E-state index contributed by atoms with van der Waals surface area (Å²) in [5, 5.41) is 0. The van der Waals surface area contributed by atoms with Crippen LogP contribution in [0.4, 0.5) is 0 Å². The maximum absolute atomic E-state index is 10.0. The molecule has 0 aliphatic carbocycles. The molecule has 0 aromatic carbocycles. The fourth-order valence-corrected chi connectivity index (χ4v) is 1.01. The summed E-state index contributed by atoms with van der Waals surface area (Å²) in [4.78, 5) is 12.3. The van der Waals surface area contributed by atoms with Crippen molar-refractivity contribution < 1.29 is 24.3 Å². The predicted octanol–water partition coefficient (Wildman–Crippen LogP) is 0.434. The monoisotopic (exact) mass is 229 g/mol. The van der Waals surface area contributed by atoms with E-state index in [1.165, 1.54) is 0 Å². The minimum Gasteiger partial charge on any atom is -0.541 e. The SMILES string of the molecule is CC(C)N1CC([C-]=O)C1.[Rh]. The molecule has 0 amide bonds. The molecule has 1 aliphatic heterocycles. The summed E-state index contributed by atoms with van der Waals surface area (Å²) in [6, 6.07) is 0.592. The molecule has 0 aromatic rings. The molecular formula is C7H12NORh-. The van der Waals surface area contributed by atoms with E-state index in [0.29, 0.717) is 6.04 Å². The molecule has 3 heteroatoms. The van der Waals surface area contributed by atoms with Crippen molar-refractivity contribution >= 4 is 6.29 Å². The second-order valence-corrected chi connectivity index (χ2v) is 2.86. The summed E-state index contributed by atoms with van der Waals surface area (Å²) >= 11 is 0. The average Bonchev–Trinajstić information content (AvgIpc) is 1.61. The number of carbonyl (C=O) groups excluding carboxylic acids is 1. The van der Waals surface area contributed by atoms with Crippen molar-refractivity contribution in [3.05, 3.63) is 0 Å². The molecule has 0 bridgehead atoms. The molecule has 1 saturated heterocycles. The third-order valence-corrected chi connectivity index (χ3v) is 1.81. The van der Waals surface area contributed by atoms with Gasteiger partial charge in [-0.2, -0.15) is 0 Å². The van der Waals surface area contributed by atoms with Crippen LogP contribution >= 0.6 is 0 Å². The Morgan fingerprint density at radius 3 is 2.30 bits per heavy atom. The van der Waals surface area contributed by atoms with Gasteiger partial charge in [0, 0.05) is 25.5 Å². The Kier molecular flexibility index (Phi) is 4.30. The fraction of sp³-hybridized carbons (Fsp3) is 0.857. The second kappa shape index (κ2) is 4.20. The van der Waals surface area contributed by atoms with Crippen molar-refractivity contribution in [2.24, 2.45) is 5.92 Å². The molecule has 10 heavy (non-hydrogen) atoms. The van der Waals surface area contributed by atoms with Crippen molar-refractivity contribution in [3.8, 4) is 0 Å². The number of hydrogen-bond acceptors (Lipinski definition) is 2. The van der Waals surface area contributed by atoms with E-state index in [4.69, 9.17) is 0 Å². The molecule has 0 aromatic heterocycles. The van der Waals surface area contributed by atoms with Crippen LogP contribution in [0.3, 0.4) is 0 Å². The van der Waals surface area contributed by atoms with E-state index in [2.05, 4.69) is 18.7 Å². The molecule has 0 N–H and O–H groups in total. The van der Waals surface area contributed by atoms with Gasteiger partial charge in [-0.15, -0.1) is 5.92 Å². The molecule has 1 radical (unpaired) electrons. The van der Waals surface area contributed by atoms with Gasteiger partial charge in [-0.25, -0.2) is 0 Å². The molecule has 1 rings (SSSR count). The molecule has 2 nitrogen and oxygen atoms in total. The van der Waals surface area contributed by atoms with Gasteiger partial charge >= 0.3 is 0 Å². The molecule has 0 spiro atoms. The van der Waals surface area contributed by atoms with E-state index >= 15 is 0 Å². The Bertz CT molecular complexity index is 110. The van der Waals surface area contributed by atoms with Gasteiger partial charge in [0.25, 0.3) is 0 Å². The largest absolute Gasteiger partial charge is 0.541 e. The molecule has 1 heterocycles. The van der Waals surface area contributed by atoms with Crippen molar-refractivity contribution in [2.45, 2.75) is 19.9 Å². The molecule has 1 aliphatic rings. The Labute approximate surface area is 74.7 Å². The van der Waals surface area contributed by atoms with Crippen LogP contribution in [0.1, 0.15) is 13.8 Å². The zero-order valence-corrected chi connectivity index (χ0v) is 7.90. The molecular weight excluding hydrogens is 217 g/mol. The number of likely N-dealkylation sites (tertiary alicyclic amines) is 1.